The lowest BCUT2D eigenvalue weighted by molar-refractivity contribution is -0.927. The summed E-state index contributed by atoms with van der Waals surface area (Å²) in [5.41, 5.74) is 3.13. The molecule has 0 spiro atoms. The fourth-order valence-corrected chi connectivity index (χ4v) is 3.40. The van der Waals surface area contributed by atoms with Gasteiger partial charge in [0, 0.05) is 5.56 Å². The van der Waals surface area contributed by atoms with Gasteiger partial charge in [0.2, 0.25) is 0 Å². The van der Waals surface area contributed by atoms with Gasteiger partial charge >= 0.3 is 0 Å². The molecule has 126 valence electrons. The Balaban J connectivity index is 1.64. The molecule has 2 aromatic rings. The third-order valence-electron chi connectivity index (χ3n) is 5.24. The van der Waals surface area contributed by atoms with Crippen molar-refractivity contribution in [3.8, 4) is 11.1 Å². The zero-order valence-corrected chi connectivity index (χ0v) is 14.7. The summed E-state index contributed by atoms with van der Waals surface area (Å²) in [5.74, 6) is 0.165. The summed E-state index contributed by atoms with van der Waals surface area (Å²) in [6.07, 6.45) is 1.20. The molecule has 3 rings (SSSR count). The van der Waals surface area contributed by atoms with E-state index in [4.69, 9.17) is 0 Å². The standard InChI is InChI=1S/C21H26N2O/c1-3-17(2)22-13-15-23(16-14-22)21(24)20-11-9-19(10-12-20)18-7-5-4-6-8-18/h4-12,17H,3,13-16H2,1-2H3/p+1/t17-/m1/s1. The third kappa shape index (κ3) is 3.68. The monoisotopic (exact) mass is 323 g/mol. The highest BCUT2D eigenvalue weighted by molar-refractivity contribution is 5.94. The van der Waals surface area contributed by atoms with Crippen molar-refractivity contribution in [2.24, 2.45) is 0 Å². The van der Waals surface area contributed by atoms with Crippen molar-refractivity contribution in [2.45, 2.75) is 26.3 Å². The molecule has 3 heteroatoms. The highest BCUT2D eigenvalue weighted by Gasteiger charge is 2.26. The predicted molar refractivity (Wildman–Crippen MR) is 98.2 cm³/mol. The van der Waals surface area contributed by atoms with Crippen LogP contribution >= 0.6 is 0 Å². The molecule has 3 nitrogen and oxygen atoms in total. The van der Waals surface area contributed by atoms with E-state index < -0.39 is 0 Å². The van der Waals surface area contributed by atoms with E-state index in [2.05, 4.69) is 26.0 Å². The zero-order valence-electron chi connectivity index (χ0n) is 14.7. The smallest absolute Gasteiger partial charge is 0.254 e. The largest absolute Gasteiger partial charge is 0.330 e. The van der Waals surface area contributed by atoms with E-state index in [1.165, 1.54) is 12.0 Å². The van der Waals surface area contributed by atoms with Crippen molar-refractivity contribution in [3.63, 3.8) is 0 Å². The predicted octanol–water partition coefficient (Wildman–Crippen LogP) is 2.49. The van der Waals surface area contributed by atoms with Gasteiger partial charge in [-0.3, -0.25) is 4.79 Å². The average molecular weight is 323 g/mol. The van der Waals surface area contributed by atoms with Crippen molar-refractivity contribution >= 4 is 5.91 Å². The van der Waals surface area contributed by atoms with Crippen LogP contribution in [0.3, 0.4) is 0 Å². The Kier molecular flexibility index (Phi) is 5.31. The Labute approximate surface area is 144 Å². The second-order valence-corrected chi connectivity index (χ2v) is 6.70. The maximum Gasteiger partial charge on any atom is 0.254 e. The van der Waals surface area contributed by atoms with Crippen LogP contribution in [-0.2, 0) is 0 Å². The quantitative estimate of drug-likeness (QED) is 0.919. The van der Waals surface area contributed by atoms with Crippen molar-refractivity contribution in [1.82, 2.24) is 4.90 Å². The van der Waals surface area contributed by atoms with Crippen molar-refractivity contribution in [2.75, 3.05) is 26.2 Å². The highest BCUT2D eigenvalue weighted by Crippen LogP contribution is 2.19. The SMILES string of the molecule is CC[C@@H](C)[NH+]1CCN(C(=O)c2ccc(-c3ccccc3)cc2)CC1. The van der Waals surface area contributed by atoms with E-state index in [1.807, 2.05) is 47.4 Å². The first-order valence-corrected chi connectivity index (χ1v) is 8.98. The Hall–Kier alpha value is -2.13. The molecule has 2 aromatic carbocycles. The average Bonchev–Trinajstić information content (AvgIpc) is 2.68. The number of nitrogens with zero attached hydrogens (tertiary/aromatic N) is 1. The first-order chi connectivity index (χ1) is 11.7. The molecular weight excluding hydrogens is 296 g/mol. The van der Waals surface area contributed by atoms with Crippen LogP contribution in [0.1, 0.15) is 30.6 Å². The van der Waals surface area contributed by atoms with Gasteiger partial charge in [-0.2, -0.15) is 0 Å². The van der Waals surface area contributed by atoms with Crippen molar-refractivity contribution in [1.29, 1.82) is 0 Å². The van der Waals surface area contributed by atoms with E-state index in [1.54, 1.807) is 4.90 Å². The topological polar surface area (TPSA) is 24.8 Å². The minimum absolute atomic E-state index is 0.165. The second-order valence-electron chi connectivity index (χ2n) is 6.70. The lowest BCUT2D eigenvalue weighted by Gasteiger charge is -2.35. The van der Waals surface area contributed by atoms with Crippen LogP contribution in [0.4, 0.5) is 0 Å². The van der Waals surface area contributed by atoms with Crippen molar-refractivity contribution < 1.29 is 9.69 Å². The Bertz CT molecular complexity index is 658. The molecule has 1 N–H and O–H groups in total. The lowest BCUT2D eigenvalue weighted by atomic mass is 10.0. The first-order valence-electron chi connectivity index (χ1n) is 8.98. The maximum absolute atomic E-state index is 12.7. The van der Waals surface area contributed by atoms with E-state index in [-0.39, 0.29) is 5.91 Å². The minimum atomic E-state index is 0.165. The summed E-state index contributed by atoms with van der Waals surface area (Å²) in [6.45, 7) is 8.38. The Morgan fingerprint density at radius 2 is 1.58 bits per heavy atom. The third-order valence-corrected chi connectivity index (χ3v) is 5.24. The number of carbonyl (C=O) groups is 1. The number of rotatable bonds is 4. The molecule has 1 aliphatic heterocycles. The molecule has 1 fully saturated rings. The fourth-order valence-electron chi connectivity index (χ4n) is 3.40. The van der Waals surface area contributed by atoms with Crippen LogP contribution in [0.2, 0.25) is 0 Å². The van der Waals surface area contributed by atoms with E-state index in [0.29, 0.717) is 6.04 Å². The molecule has 0 aromatic heterocycles. The number of hydrogen-bond acceptors (Lipinski definition) is 1. The van der Waals surface area contributed by atoms with Gasteiger partial charge in [-0.05, 0) is 36.6 Å². The second kappa shape index (κ2) is 7.63. The molecule has 1 heterocycles. The zero-order chi connectivity index (χ0) is 16.9. The summed E-state index contributed by atoms with van der Waals surface area (Å²) in [7, 11) is 0. The number of hydrogen-bond donors (Lipinski definition) is 1. The van der Waals surface area contributed by atoms with E-state index >= 15 is 0 Å². The Morgan fingerprint density at radius 1 is 1.00 bits per heavy atom. The molecule has 0 unspecified atom stereocenters. The van der Waals surface area contributed by atoms with Gasteiger partial charge in [0.15, 0.2) is 0 Å². The van der Waals surface area contributed by atoms with Gasteiger partial charge in [-0.15, -0.1) is 0 Å². The summed E-state index contributed by atoms with van der Waals surface area (Å²) in [6, 6.07) is 19.0. The maximum atomic E-state index is 12.7. The molecule has 24 heavy (non-hydrogen) atoms. The number of quaternary nitrogens is 1. The molecular formula is C21H27N2O+. The van der Waals surface area contributed by atoms with Gasteiger partial charge < -0.3 is 9.80 Å². The molecule has 0 saturated carbocycles. The van der Waals surface area contributed by atoms with E-state index in [9.17, 15) is 4.79 Å². The molecule has 1 atom stereocenters. The number of benzene rings is 2. The minimum Gasteiger partial charge on any atom is -0.330 e. The number of piperazine rings is 1. The summed E-state index contributed by atoms with van der Waals surface area (Å²) in [4.78, 5) is 16.3. The van der Waals surface area contributed by atoms with Crippen LogP contribution in [0.25, 0.3) is 11.1 Å². The molecule has 1 amide bonds. The van der Waals surface area contributed by atoms with E-state index in [0.717, 1.165) is 37.3 Å². The normalized spacial score (nSPS) is 16.8. The lowest BCUT2D eigenvalue weighted by Crippen LogP contribution is -3.17. The highest BCUT2D eigenvalue weighted by atomic mass is 16.2. The number of amides is 1. The van der Waals surface area contributed by atoms with Crippen LogP contribution in [-0.4, -0.2) is 43.0 Å². The number of nitrogens with one attached hydrogen (secondary N) is 1. The van der Waals surface area contributed by atoms with Crippen LogP contribution in [0.5, 0.6) is 0 Å². The molecule has 0 aliphatic carbocycles. The number of carbonyl (C=O) groups excluding carboxylic acids is 1. The van der Waals surface area contributed by atoms with Crippen LogP contribution in [0.15, 0.2) is 54.6 Å². The first kappa shape index (κ1) is 16.7. The Morgan fingerprint density at radius 3 is 2.17 bits per heavy atom. The summed E-state index contributed by atoms with van der Waals surface area (Å²) < 4.78 is 0. The summed E-state index contributed by atoms with van der Waals surface area (Å²) >= 11 is 0. The van der Waals surface area contributed by atoms with Crippen LogP contribution < -0.4 is 4.90 Å². The molecule has 1 aliphatic rings. The fraction of sp³-hybridized carbons (Fsp3) is 0.381. The van der Waals surface area contributed by atoms with Crippen LogP contribution in [0, 0.1) is 0 Å². The van der Waals surface area contributed by atoms with Gasteiger partial charge in [0.05, 0.1) is 32.2 Å². The van der Waals surface area contributed by atoms with Gasteiger partial charge in [-0.25, -0.2) is 0 Å². The molecule has 1 saturated heterocycles. The molecule has 0 radical (unpaired) electrons. The van der Waals surface area contributed by atoms with Gasteiger partial charge in [0.1, 0.15) is 0 Å². The van der Waals surface area contributed by atoms with Gasteiger partial charge in [-0.1, -0.05) is 49.4 Å². The van der Waals surface area contributed by atoms with Gasteiger partial charge in [0.25, 0.3) is 5.91 Å². The molecule has 0 bridgehead atoms. The summed E-state index contributed by atoms with van der Waals surface area (Å²) in [5, 5.41) is 0. The van der Waals surface area contributed by atoms with Crippen molar-refractivity contribution in [3.05, 3.63) is 60.2 Å².